The predicted molar refractivity (Wildman–Crippen MR) is 54.1 cm³/mol. The first-order chi connectivity index (χ1) is 7.20. The number of carboxylic acids is 1. The van der Waals surface area contributed by atoms with Crippen molar-refractivity contribution >= 4 is 5.97 Å². The average molecular weight is 207 g/mol. The molecule has 2 rings (SSSR count). The van der Waals surface area contributed by atoms with Gasteiger partial charge in [-0.1, -0.05) is 6.07 Å². The van der Waals surface area contributed by atoms with Crippen molar-refractivity contribution < 1.29 is 9.90 Å². The normalized spacial score (nSPS) is 30.3. The van der Waals surface area contributed by atoms with Gasteiger partial charge in [0.1, 0.15) is 6.04 Å². The van der Waals surface area contributed by atoms with Crippen LogP contribution in [0.25, 0.3) is 0 Å². The number of carbonyl (C=O) groups is 1. The maximum absolute atomic E-state index is 11.0. The first-order valence-corrected chi connectivity index (χ1v) is 4.84. The smallest absolute Gasteiger partial charge is 0.322 e. The number of aromatic nitrogens is 1. The molecule has 1 aromatic rings. The van der Waals surface area contributed by atoms with Gasteiger partial charge in [-0.05, 0) is 18.6 Å². The van der Waals surface area contributed by atoms with Gasteiger partial charge in [-0.2, -0.15) is 0 Å². The van der Waals surface area contributed by atoms with Crippen LogP contribution in [0.4, 0.5) is 0 Å². The lowest BCUT2D eigenvalue weighted by atomic mass is 9.89. The molecule has 0 aliphatic carbocycles. The molecular weight excluding hydrogens is 194 g/mol. The molecule has 80 valence electrons. The highest BCUT2D eigenvalue weighted by atomic mass is 16.4. The van der Waals surface area contributed by atoms with Crippen molar-refractivity contribution in [2.24, 2.45) is 0 Å². The standard InChI is InChI=1S/C10H13N3O2/c1-6-8(7-3-2-4-11-5-7)9(10(14)15)13-12-6/h2-6,8-9,12-13H,1H3,(H,14,15). The molecule has 0 amide bonds. The Morgan fingerprint density at radius 2 is 2.33 bits per heavy atom. The summed E-state index contributed by atoms with van der Waals surface area (Å²) in [6.45, 7) is 1.95. The molecule has 3 atom stereocenters. The minimum Gasteiger partial charge on any atom is -0.480 e. The third-order valence-corrected chi connectivity index (χ3v) is 2.70. The van der Waals surface area contributed by atoms with Gasteiger partial charge in [0, 0.05) is 24.4 Å². The van der Waals surface area contributed by atoms with E-state index in [1.165, 1.54) is 0 Å². The van der Waals surface area contributed by atoms with Crippen molar-refractivity contribution in [1.29, 1.82) is 0 Å². The third-order valence-electron chi connectivity index (χ3n) is 2.70. The van der Waals surface area contributed by atoms with Crippen LogP contribution in [0.2, 0.25) is 0 Å². The minimum atomic E-state index is -0.847. The van der Waals surface area contributed by atoms with Gasteiger partial charge in [0.25, 0.3) is 0 Å². The van der Waals surface area contributed by atoms with Crippen molar-refractivity contribution in [2.45, 2.75) is 24.9 Å². The molecular formula is C10H13N3O2. The van der Waals surface area contributed by atoms with Gasteiger partial charge in [0.15, 0.2) is 0 Å². The molecule has 5 heteroatoms. The molecule has 3 unspecified atom stereocenters. The highest BCUT2D eigenvalue weighted by molar-refractivity contribution is 5.75. The second kappa shape index (κ2) is 3.96. The summed E-state index contributed by atoms with van der Waals surface area (Å²) in [7, 11) is 0. The van der Waals surface area contributed by atoms with Gasteiger partial charge in [0.05, 0.1) is 0 Å². The molecule has 1 aromatic heterocycles. The van der Waals surface area contributed by atoms with E-state index in [0.29, 0.717) is 0 Å². The summed E-state index contributed by atoms with van der Waals surface area (Å²) in [5, 5.41) is 9.04. The van der Waals surface area contributed by atoms with Crippen LogP contribution in [-0.4, -0.2) is 28.1 Å². The van der Waals surface area contributed by atoms with E-state index in [9.17, 15) is 4.79 Å². The number of carboxylic acid groups (broad SMARTS) is 1. The second-order valence-corrected chi connectivity index (χ2v) is 3.71. The highest BCUT2D eigenvalue weighted by Gasteiger charge is 2.38. The zero-order valence-corrected chi connectivity index (χ0v) is 8.34. The largest absolute Gasteiger partial charge is 0.480 e. The van der Waals surface area contributed by atoms with E-state index in [2.05, 4.69) is 15.8 Å². The van der Waals surface area contributed by atoms with E-state index in [-0.39, 0.29) is 12.0 Å². The van der Waals surface area contributed by atoms with Gasteiger partial charge >= 0.3 is 5.97 Å². The molecule has 3 N–H and O–H groups in total. The lowest BCUT2D eigenvalue weighted by Crippen LogP contribution is -2.38. The Balaban J connectivity index is 2.29. The molecule has 0 saturated carbocycles. The topological polar surface area (TPSA) is 74.2 Å². The van der Waals surface area contributed by atoms with Crippen LogP contribution >= 0.6 is 0 Å². The predicted octanol–water partition coefficient (Wildman–Crippen LogP) is 0.115. The molecule has 1 fully saturated rings. The van der Waals surface area contributed by atoms with Gasteiger partial charge in [-0.15, -0.1) is 0 Å². The summed E-state index contributed by atoms with van der Waals surface area (Å²) in [6, 6.07) is 3.21. The molecule has 1 aliphatic rings. The molecule has 2 heterocycles. The average Bonchev–Trinajstić information content (AvgIpc) is 2.61. The monoisotopic (exact) mass is 207 g/mol. The van der Waals surface area contributed by atoms with Crippen molar-refractivity contribution in [1.82, 2.24) is 15.8 Å². The Morgan fingerprint density at radius 3 is 2.93 bits per heavy atom. The first kappa shape index (κ1) is 10.1. The van der Waals surface area contributed by atoms with Gasteiger partial charge in [0.2, 0.25) is 0 Å². The summed E-state index contributed by atoms with van der Waals surface area (Å²) in [5.41, 5.74) is 6.66. The van der Waals surface area contributed by atoms with E-state index in [0.717, 1.165) is 5.56 Å². The molecule has 1 saturated heterocycles. The van der Waals surface area contributed by atoms with Gasteiger partial charge in [-0.25, -0.2) is 5.43 Å². The fourth-order valence-corrected chi connectivity index (χ4v) is 1.96. The number of hydrogen-bond donors (Lipinski definition) is 3. The summed E-state index contributed by atoms with van der Waals surface area (Å²) >= 11 is 0. The molecule has 0 spiro atoms. The van der Waals surface area contributed by atoms with Gasteiger partial charge < -0.3 is 5.11 Å². The zero-order chi connectivity index (χ0) is 10.8. The van der Waals surface area contributed by atoms with Crippen LogP contribution in [-0.2, 0) is 4.79 Å². The number of pyridine rings is 1. The summed E-state index contributed by atoms with van der Waals surface area (Å²) in [5.74, 6) is -0.933. The molecule has 1 aliphatic heterocycles. The number of aliphatic carboxylic acids is 1. The van der Waals surface area contributed by atoms with Crippen LogP contribution in [0.3, 0.4) is 0 Å². The van der Waals surface area contributed by atoms with Crippen LogP contribution in [0, 0.1) is 0 Å². The third kappa shape index (κ3) is 1.84. The Morgan fingerprint density at radius 1 is 1.53 bits per heavy atom. The fourth-order valence-electron chi connectivity index (χ4n) is 1.96. The Hall–Kier alpha value is -1.46. The number of rotatable bonds is 2. The molecule has 0 aromatic carbocycles. The Bertz CT molecular complexity index is 355. The summed E-state index contributed by atoms with van der Waals surface area (Å²) in [6.07, 6.45) is 3.39. The van der Waals surface area contributed by atoms with Crippen molar-refractivity contribution in [3.8, 4) is 0 Å². The van der Waals surface area contributed by atoms with Gasteiger partial charge in [-0.3, -0.25) is 15.2 Å². The van der Waals surface area contributed by atoms with Crippen molar-refractivity contribution in [2.75, 3.05) is 0 Å². The Labute approximate surface area is 87.5 Å². The maximum atomic E-state index is 11.0. The van der Waals surface area contributed by atoms with Crippen LogP contribution < -0.4 is 10.9 Å². The lowest BCUT2D eigenvalue weighted by molar-refractivity contribution is -0.139. The van der Waals surface area contributed by atoms with E-state index in [4.69, 9.17) is 5.11 Å². The quantitative estimate of drug-likeness (QED) is 0.642. The molecule has 0 radical (unpaired) electrons. The number of nitrogens with one attached hydrogen (secondary N) is 2. The van der Waals surface area contributed by atoms with E-state index in [1.807, 2.05) is 19.1 Å². The van der Waals surface area contributed by atoms with E-state index >= 15 is 0 Å². The number of hydrogen-bond acceptors (Lipinski definition) is 4. The van der Waals surface area contributed by atoms with Crippen molar-refractivity contribution in [3.05, 3.63) is 30.1 Å². The number of nitrogens with zero attached hydrogens (tertiary/aromatic N) is 1. The van der Waals surface area contributed by atoms with E-state index in [1.54, 1.807) is 12.4 Å². The fraction of sp³-hybridized carbons (Fsp3) is 0.400. The van der Waals surface area contributed by atoms with Crippen LogP contribution in [0.5, 0.6) is 0 Å². The summed E-state index contributed by atoms with van der Waals surface area (Å²) in [4.78, 5) is 15.0. The molecule has 0 bridgehead atoms. The van der Waals surface area contributed by atoms with Crippen LogP contribution in [0.1, 0.15) is 18.4 Å². The second-order valence-electron chi connectivity index (χ2n) is 3.71. The van der Waals surface area contributed by atoms with Crippen LogP contribution in [0.15, 0.2) is 24.5 Å². The minimum absolute atomic E-state index is 0.0790. The van der Waals surface area contributed by atoms with Crippen molar-refractivity contribution in [3.63, 3.8) is 0 Å². The molecule has 15 heavy (non-hydrogen) atoms. The van der Waals surface area contributed by atoms with E-state index < -0.39 is 12.0 Å². The zero-order valence-electron chi connectivity index (χ0n) is 8.34. The summed E-state index contributed by atoms with van der Waals surface area (Å²) < 4.78 is 0. The molecule has 5 nitrogen and oxygen atoms in total. The highest BCUT2D eigenvalue weighted by Crippen LogP contribution is 2.26. The number of hydrazine groups is 1. The maximum Gasteiger partial charge on any atom is 0.322 e. The SMILES string of the molecule is CC1NNC(C(=O)O)C1c1cccnc1. The first-order valence-electron chi connectivity index (χ1n) is 4.84. The lowest BCUT2D eigenvalue weighted by Gasteiger charge is -2.17. The Kier molecular flexibility index (Phi) is 2.66.